The molecule has 0 unspecified atom stereocenters. The van der Waals surface area contributed by atoms with Crippen molar-refractivity contribution in [1.29, 1.82) is 0 Å². The molecule has 0 fully saturated rings. The number of rotatable bonds is 6. The van der Waals surface area contributed by atoms with E-state index in [0.717, 1.165) is 16.6 Å². The fourth-order valence-corrected chi connectivity index (χ4v) is 2.78. The van der Waals surface area contributed by atoms with E-state index in [9.17, 15) is 9.59 Å². The average molecular weight is 350 g/mol. The molecular formula is C20H22N4O2. The predicted octanol–water partition coefficient (Wildman–Crippen LogP) is 2.66. The molecule has 0 spiro atoms. The monoisotopic (exact) mass is 350 g/mol. The van der Waals surface area contributed by atoms with Crippen molar-refractivity contribution in [2.24, 2.45) is 0 Å². The molecule has 0 saturated carbocycles. The fraction of sp³-hybridized carbons (Fsp3) is 0.250. The maximum absolute atomic E-state index is 12.1. The first kappa shape index (κ1) is 17.7. The van der Waals surface area contributed by atoms with E-state index in [1.54, 1.807) is 24.3 Å². The summed E-state index contributed by atoms with van der Waals surface area (Å²) in [6.07, 6.45) is 0. The fourth-order valence-electron chi connectivity index (χ4n) is 2.78. The van der Waals surface area contributed by atoms with Crippen LogP contribution in [0.2, 0.25) is 0 Å². The number of nitrogens with zero attached hydrogens (tertiary/aromatic N) is 2. The van der Waals surface area contributed by atoms with Crippen LogP contribution in [0.15, 0.2) is 54.6 Å². The Morgan fingerprint density at radius 3 is 2.42 bits per heavy atom. The number of hydrogen-bond donors (Lipinski definition) is 2. The molecule has 6 heteroatoms. The Labute approximate surface area is 152 Å². The molecule has 2 aromatic carbocycles. The summed E-state index contributed by atoms with van der Waals surface area (Å²) in [6.45, 7) is 4.39. The van der Waals surface area contributed by atoms with Crippen LogP contribution in [0, 0.1) is 0 Å². The Bertz CT molecular complexity index is 916. The van der Waals surface area contributed by atoms with Crippen molar-refractivity contribution >= 4 is 22.7 Å². The molecule has 26 heavy (non-hydrogen) atoms. The molecule has 3 aromatic rings. The third-order valence-corrected chi connectivity index (χ3v) is 4.08. The van der Waals surface area contributed by atoms with Crippen LogP contribution in [0.5, 0.6) is 0 Å². The summed E-state index contributed by atoms with van der Waals surface area (Å²) in [4.78, 5) is 24.0. The third-order valence-electron chi connectivity index (χ3n) is 4.08. The quantitative estimate of drug-likeness (QED) is 0.718. The van der Waals surface area contributed by atoms with Gasteiger partial charge in [0, 0.05) is 17.0 Å². The molecule has 2 amide bonds. The van der Waals surface area contributed by atoms with E-state index in [4.69, 9.17) is 0 Å². The van der Waals surface area contributed by atoms with Gasteiger partial charge in [0.05, 0.1) is 24.3 Å². The molecule has 0 bridgehead atoms. The Kier molecular flexibility index (Phi) is 5.31. The molecule has 134 valence electrons. The number of carbonyl (C=O) groups excluding carboxylic acids is 2. The lowest BCUT2D eigenvalue weighted by atomic mass is 10.2. The molecule has 1 heterocycles. The van der Waals surface area contributed by atoms with Crippen molar-refractivity contribution in [1.82, 2.24) is 20.4 Å². The van der Waals surface area contributed by atoms with Crippen LogP contribution < -0.4 is 10.6 Å². The van der Waals surface area contributed by atoms with E-state index in [2.05, 4.69) is 29.6 Å². The summed E-state index contributed by atoms with van der Waals surface area (Å²) < 4.78 is 1.95. The Morgan fingerprint density at radius 2 is 1.69 bits per heavy atom. The summed E-state index contributed by atoms with van der Waals surface area (Å²) >= 11 is 0. The van der Waals surface area contributed by atoms with Gasteiger partial charge in [-0.05, 0) is 32.0 Å². The molecule has 0 aliphatic heterocycles. The van der Waals surface area contributed by atoms with Crippen LogP contribution >= 0.6 is 0 Å². The van der Waals surface area contributed by atoms with Crippen LogP contribution in [0.4, 0.5) is 0 Å². The molecule has 0 atom stereocenters. The Balaban J connectivity index is 1.60. The smallest absolute Gasteiger partial charge is 0.251 e. The summed E-state index contributed by atoms with van der Waals surface area (Å²) in [6, 6.07) is 17.0. The lowest BCUT2D eigenvalue weighted by molar-refractivity contribution is -0.120. The number of fused-ring (bicyclic) bond motifs is 1. The first-order chi connectivity index (χ1) is 12.6. The molecule has 1 aromatic heterocycles. The lowest BCUT2D eigenvalue weighted by Gasteiger charge is -2.07. The minimum Gasteiger partial charge on any atom is -0.349 e. The Morgan fingerprint density at radius 1 is 1.00 bits per heavy atom. The van der Waals surface area contributed by atoms with Gasteiger partial charge in [0.15, 0.2) is 0 Å². The zero-order chi connectivity index (χ0) is 18.5. The van der Waals surface area contributed by atoms with Gasteiger partial charge < -0.3 is 10.6 Å². The van der Waals surface area contributed by atoms with Crippen molar-refractivity contribution in [3.63, 3.8) is 0 Å². The van der Waals surface area contributed by atoms with Gasteiger partial charge in [0.2, 0.25) is 5.91 Å². The zero-order valence-corrected chi connectivity index (χ0v) is 14.9. The number of para-hydroxylation sites is 1. The van der Waals surface area contributed by atoms with E-state index in [1.165, 1.54) is 0 Å². The largest absolute Gasteiger partial charge is 0.349 e. The first-order valence-electron chi connectivity index (χ1n) is 8.62. The minimum absolute atomic E-state index is 0.0729. The number of nitrogens with one attached hydrogen (secondary N) is 2. The van der Waals surface area contributed by atoms with Crippen LogP contribution in [-0.4, -0.2) is 28.1 Å². The zero-order valence-electron chi connectivity index (χ0n) is 14.9. The summed E-state index contributed by atoms with van der Waals surface area (Å²) in [5.41, 5.74) is 2.39. The molecule has 0 aliphatic rings. The van der Waals surface area contributed by atoms with E-state index < -0.39 is 0 Å². The van der Waals surface area contributed by atoms with E-state index in [0.29, 0.717) is 12.1 Å². The SMILES string of the molecule is CC(C)n1nc(CNC(=O)CNC(=O)c2ccccc2)c2ccccc21. The molecule has 0 saturated heterocycles. The molecule has 2 N–H and O–H groups in total. The standard InChI is InChI=1S/C20H22N4O2/c1-14(2)24-18-11-7-6-10-16(18)17(23-24)12-21-19(25)13-22-20(26)15-8-4-3-5-9-15/h3-11,14H,12-13H2,1-2H3,(H,21,25)(H,22,26). The van der Waals surface area contributed by atoms with Crippen LogP contribution in [0.3, 0.4) is 0 Å². The van der Waals surface area contributed by atoms with Gasteiger partial charge in [-0.2, -0.15) is 5.10 Å². The van der Waals surface area contributed by atoms with Gasteiger partial charge in [-0.25, -0.2) is 0 Å². The summed E-state index contributed by atoms with van der Waals surface area (Å²) in [5, 5.41) is 11.1. The van der Waals surface area contributed by atoms with Gasteiger partial charge in [-0.3, -0.25) is 14.3 Å². The first-order valence-corrected chi connectivity index (χ1v) is 8.62. The highest BCUT2D eigenvalue weighted by molar-refractivity contribution is 5.96. The normalized spacial score (nSPS) is 10.9. The average Bonchev–Trinajstić information content (AvgIpc) is 3.04. The van der Waals surface area contributed by atoms with E-state index in [-0.39, 0.29) is 24.4 Å². The van der Waals surface area contributed by atoms with E-state index in [1.807, 2.05) is 35.0 Å². The lowest BCUT2D eigenvalue weighted by Crippen LogP contribution is -2.36. The van der Waals surface area contributed by atoms with Crippen LogP contribution in [-0.2, 0) is 11.3 Å². The highest BCUT2D eigenvalue weighted by Crippen LogP contribution is 2.21. The van der Waals surface area contributed by atoms with Crippen LogP contribution in [0.1, 0.15) is 35.9 Å². The third kappa shape index (κ3) is 3.91. The van der Waals surface area contributed by atoms with Gasteiger partial charge in [0.25, 0.3) is 5.91 Å². The van der Waals surface area contributed by atoms with Crippen LogP contribution in [0.25, 0.3) is 10.9 Å². The van der Waals surface area contributed by atoms with Crippen molar-refractivity contribution in [2.45, 2.75) is 26.4 Å². The Hall–Kier alpha value is -3.15. The maximum atomic E-state index is 12.1. The predicted molar refractivity (Wildman–Crippen MR) is 101 cm³/mol. The molecular weight excluding hydrogens is 328 g/mol. The number of carbonyl (C=O) groups is 2. The second-order valence-electron chi connectivity index (χ2n) is 6.33. The number of amides is 2. The highest BCUT2D eigenvalue weighted by atomic mass is 16.2. The number of aromatic nitrogens is 2. The second-order valence-corrected chi connectivity index (χ2v) is 6.33. The number of hydrogen-bond acceptors (Lipinski definition) is 3. The molecule has 3 rings (SSSR count). The second kappa shape index (κ2) is 7.82. The molecule has 0 aliphatic carbocycles. The topological polar surface area (TPSA) is 76.0 Å². The molecule has 6 nitrogen and oxygen atoms in total. The molecule has 0 radical (unpaired) electrons. The van der Waals surface area contributed by atoms with Gasteiger partial charge in [-0.15, -0.1) is 0 Å². The van der Waals surface area contributed by atoms with Gasteiger partial charge in [-0.1, -0.05) is 36.4 Å². The minimum atomic E-state index is -0.268. The van der Waals surface area contributed by atoms with Crippen molar-refractivity contribution in [3.8, 4) is 0 Å². The van der Waals surface area contributed by atoms with Crippen molar-refractivity contribution < 1.29 is 9.59 Å². The number of benzene rings is 2. The van der Waals surface area contributed by atoms with Gasteiger partial charge >= 0.3 is 0 Å². The van der Waals surface area contributed by atoms with Crippen molar-refractivity contribution in [3.05, 3.63) is 65.9 Å². The van der Waals surface area contributed by atoms with Gasteiger partial charge in [0.1, 0.15) is 0 Å². The summed E-state index contributed by atoms with van der Waals surface area (Å²) in [7, 11) is 0. The van der Waals surface area contributed by atoms with E-state index >= 15 is 0 Å². The van der Waals surface area contributed by atoms with Crippen molar-refractivity contribution in [2.75, 3.05) is 6.54 Å². The summed E-state index contributed by atoms with van der Waals surface area (Å²) in [5.74, 6) is -0.521. The maximum Gasteiger partial charge on any atom is 0.251 e. The highest BCUT2D eigenvalue weighted by Gasteiger charge is 2.13.